The summed E-state index contributed by atoms with van der Waals surface area (Å²) in [6.07, 6.45) is 3.02. The van der Waals surface area contributed by atoms with Crippen LogP contribution >= 0.6 is 0 Å². The van der Waals surface area contributed by atoms with E-state index in [1.165, 1.54) is 12.1 Å². The Kier molecular flexibility index (Phi) is 4.65. The highest BCUT2D eigenvalue weighted by Gasteiger charge is 2.45. The summed E-state index contributed by atoms with van der Waals surface area (Å²) in [5, 5.41) is 4.49. The van der Waals surface area contributed by atoms with E-state index in [4.69, 9.17) is 14.2 Å². The zero-order valence-electron chi connectivity index (χ0n) is 18.3. The van der Waals surface area contributed by atoms with Gasteiger partial charge in [-0.2, -0.15) is 5.10 Å². The molecule has 0 aliphatic carbocycles. The molecule has 0 N–H and O–H groups in total. The Balaban J connectivity index is 1.20. The van der Waals surface area contributed by atoms with Crippen molar-refractivity contribution in [3.05, 3.63) is 65.6 Å². The molecule has 1 amide bonds. The number of rotatable bonds is 3. The van der Waals surface area contributed by atoms with Gasteiger partial charge in [-0.25, -0.2) is 4.39 Å². The molecule has 1 aromatic heterocycles. The summed E-state index contributed by atoms with van der Waals surface area (Å²) in [5.74, 6) is 0.261. The Morgan fingerprint density at radius 1 is 1.18 bits per heavy atom. The predicted molar refractivity (Wildman–Crippen MR) is 118 cm³/mol. The molecule has 2 fully saturated rings. The van der Waals surface area contributed by atoms with E-state index in [2.05, 4.69) is 5.10 Å². The van der Waals surface area contributed by atoms with Crippen molar-refractivity contribution < 1.29 is 23.4 Å². The van der Waals surface area contributed by atoms with Gasteiger partial charge in [-0.1, -0.05) is 12.1 Å². The van der Waals surface area contributed by atoms with Crippen LogP contribution in [0.3, 0.4) is 0 Å². The normalized spacial score (nSPS) is 18.8. The van der Waals surface area contributed by atoms with Crippen LogP contribution in [0.5, 0.6) is 11.5 Å². The summed E-state index contributed by atoms with van der Waals surface area (Å²) < 4.78 is 33.6. The van der Waals surface area contributed by atoms with Crippen LogP contribution in [0.4, 0.5) is 4.39 Å². The molecule has 2 aromatic carbocycles. The van der Waals surface area contributed by atoms with Crippen molar-refractivity contribution in [3.63, 3.8) is 0 Å². The monoisotopic (exact) mass is 449 g/mol. The third-order valence-electron chi connectivity index (χ3n) is 6.82. The molecule has 0 radical (unpaired) electrons. The third kappa shape index (κ3) is 3.28. The van der Waals surface area contributed by atoms with E-state index < -0.39 is 11.4 Å². The van der Waals surface area contributed by atoms with Crippen LogP contribution in [0.25, 0.3) is 11.3 Å². The second-order valence-electron chi connectivity index (χ2n) is 8.84. The molecule has 6 rings (SSSR count). The standard InChI is InChI=1S/C25H24FN3O4/c1-28-23-18-4-2-3-5-21(18)33-25(19(23)13-27-28)8-10-29(11-9-25)24(30)16-6-7-22(20(26)12-16)32-17-14-31-15-17/h2-7,12-13,17H,8-11,14-15H2,1H3. The number of halogens is 1. The van der Waals surface area contributed by atoms with E-state index in [0.717, 1.165) is 22.6 Å². The SMILES string of the molecule is Cn1ncc2c1-c1ccccc1OC21CCN(C(=O)c2ccc(OC3COC3)c(F)c2)CC1. The van der Waals surface area contributed by atoms with Gasteiger partial charge in [0.25, 0.3) is 5.91 Å². The number of carbonyl (C=O) groups excluding carboxylic acids is 1. The number of ether oxygens (including phenoxy) is 3. The highest BCUT2D eigenvalue weighted by atomic mass is 19.1. The summed E-state index contributed by atoms with van der Waals surface area (Å²) in [6.45, 7) is 1.94. The first-order valence-electron chi connectivity index (χ1n) is 11.2. The maximum atomic E-state index is 14.5. The first kappa shape index (κ1) is 20.2. The Hall–Kier alpha value is -3.39. The molecule has 0 unspecified atom stereocenters. The van der Waals surface area contributed by atoms with Gasteiger partial charge in [-0.05, 0) is 30.3 Å². The third-order valence-corrected chi connectivity index (χ3v) is 6.82. The van der Waals surface area contributed by atoms with Crippen molar-refractivity contribution in [1.29, 1.82) is 0 Å². The van der Waals surface area contributed by atoms with Crippen LogP contribution in [0.1, 0.15) is 28.8 Å². The fourth-order valence-electron chi connectivity index (χ4n) is 4.92. The first-order valence-corrected chi connectivity index (χ1v) is 11.2. The first-order chi connectivity index (χ1) is 16.0. The molecule has 3 aliphatic rings. The van der Waals surface area contributed by atoms with E-state index in [0.29, 0.717) is 44.7 Å². The number of hydrogen-bond donors (Lipinski definition) is 0. The van der Waals surface area contributed by atoms with Gasteiger partial charge in [0.15, 0.2) is 11.6 Å². The minimum absolute atomic E-state index is 0.127. The number of benzene rings is 2. The zero-order valence-corrected chi connectivity index (χ0v) is 18.3. The lowest BCUT2D eigenvalue weighted by Gasteiger charge is -2.44. The van der Waals surface area contributed by atoms with Gasteiger partial charge in [-0.3, -0.25) is 9.48 Å². The molecule has 33 heavy (non-hydrogen) atoms. The molecular weight excluding hydrogens is 425 g/mol. The second kappa shape index (κ2) is 7.59. The van der Waals surface area contributed by atoms with Crippen LogP contribution in [-0.2, 0) is 17.4 Å². The lowest BCUT2D eigenvalue weighted by atomic mass is 9.81. The number of piperidine rings is 1. The number of nitrogens with zero attached hydrogens (tertiary/aromatic N) is 3. The van der Waals surface area contributed by atoms with Gasteiger partial charge >= 0.3 is 0 Å². The van der Waals surface area contributed by atoms with Crippen molar-refractivity contribution in [2.75, 3.05) is 26.3 Å². The highest BCUT2D eigenvalue weighted by molar-refractivity contribution is 5.94. The number of likely N-dealkylation sites (tertiary alicyclic amines) is 1. The Morgan fingerprint density at radius 3 is 2.70 bits per heavy atom. The van der Waals surface area contributed by atoms with E-state index in [-0.39, 0.29) is 17.8 Å². The molecular formula is C25H24FN3O4. The van der Waals surface area contributed by atoms with E-state index in [9.17, 15) is 9.18 Å². The molecule has 0 bridgehead atoms. The molecule has 2 saturated heterocycles. The maximum absolute atomic E-state index is 14.5. The highest BCUT2D eigenvalue weighted by Crippen LogP contribution is 2.49. The molecule has 4 heterocycles. The Labute approximate surface area is 190 Å². The lowest BCUT2D eigenvalue weighted by Crippen LogP contribution is -2.49. The molecule has 170 valence electrons. The van der Waals surface area contributed by atoms with Crippen molar-refractivity contribution in [3.8, 4) is 22.8 Å². The minimum atomic E-state index is -0.534. The molecule has 3 aliphatic heterocycles. The average Bonchev–Trinajstić information content (AvgIpc) is 3.20. The molecule has 8 heteroatoms. The number of amides is 1. The second-order valence-corrected chi connectivity index (χ2v) is 8.84. The maximum Gasteiger partial charge on any atom is 0.253 e. The van der Waals surface area contributed by atoms with Crippen molar-refractivity contribution in [1.82, 2.24) is 14.7 Å². The molecule has 1 spiro atoms. The van der Waals surface area contributed by atoms with E-state index >= 15 is 0 Å². The summed E-state index contributed by atoms with van der Waals surface area (Å²) in [7, 11) is 1.94. The molecule has 0 saturated carbocycles. The number of fused-ring (bicyclic) bond motifs is 4. The summed E-state index contributed by atoms with van der Waals surface area (Å²) in [5.41, 5.74) is 2.94. The van der Waals surface area contributed by atoms with Crippen molar-refractivity contribution in [2.45, 2.75) is 24.5 Å². The summed E-state index contributed by atoms with van der Waals surface area (Å²) in [6, 6.07) is 12.4. The van der Waals surface area contributed by atoms with Crippen LogP contribution < -0.4 is 9.47 Å². The fourth-order valence-corrected chi connectivity index (χ4v) is 4.92. The lowest BCUT2D eigenvalue weighted by molar-refractivity contribution is -0.0808. The predicted octanol–water partition coefficient (Wildman–Crippen LogP) is 3.53. The van der Waals surface area contributed by atoms with Gasteiger partial charge in [0.2, 0.25) is 0 Å². The topological polar surface area (TPSA) is 65.8 Å². The smallest absolute Gasteiger partial charge is 0.253 e. The molecule has 3 aromatic rings. The van der Waals surface area contributed by atoms with Gasteiger partial charge in [0, 0.05) is 49.7 Å². The number of carbonyl (C=O) groups is 1. The van der Waals surface area contributed by atoms with Gasteiger partial charge in [0.1, 0.15) is 17.5 Å². The number of para-hydroxylation sites is 1. The van der Waals surface area contributed by atoms with E-state index in [1.807, 2.05) is 42.2 Å². The van der Waals surface area contributed by atoms with Crippen LogP contribution in [0.2, 0.25) is 0 Å². The minimum Gasteiger partial charge on any atom is -0.483 e. The van der Waals surface area contributed by atoms with Gasteiger partial charge in [-0.15, -0.1) is 0 Å². The quantitative estimate of drug-likeness (QED) is 0.612. The Bertz CT molecular complexity index is 1230. The van der Waals surface area contributed by atoms with Crippen molar-refractivity contribution >= 4 is 5.91 Å². The van der Waals surface area contributed by atoms with Crippen LogP contribution in [-0.4, -0.2) is 53.0 Å². The number of aryl methyl sites for hydroxylation is 1. The van der Waals surface area contributed by atoms with Gasteiger partial charge in [0.05, 0.1) is 25.1 Å². The fraction of sp³-hybridized carbons (Fsp3) is 0.360. The van der Waals surface area contributed by atoms with Gasteiger partial charge < -0.3 is 19.1 Å². The molecule has 7 nitrogen and oxygen atoms in total. The van der Waals surface area contributed by atoms with E-state index in [1.54, 1.807) is 11.0 Å². The van der Waals surface area contributed by atoms with Crippen LogP contribution in [0, 0.1) is 5.82 Å². The van der Waals surface area contributed by atoms with Crippen LogP contribution in [0.15, 0.2) is 48.7 Å². The largest absolute Gasteiger partial charge is 0.483 e. The molecule has 0 atom stereocenters. The number of hydrogen-bond acceptors (Lipinski definition) is 5. The van der Waals surface area contributed by atoms with Crippen molar-refractivity contribution in [2.24, 2.45) is 7.05 Å². The zero-order chi connectivity index (χ0) is 22.6. The summed E-state index contributed by atoms with van der Waals surface area (Å²) >= 11 is 0. The number of aromatic nitrogens is 2. The average molecular weight is 449 g/mol. The summed E-state index contributed by atoms with van der Waals surface area (Å²) in [4.78, 5) is 14.9. The Morgan fingerprint density at radius 2 is 1.97 bits per heavy atom.